The van der Waals surface area contributed by atoms with Crippen molar-refractivity contribution in [2.24, 2.45) is 0 Å². The summed E-state index contributed by atoms with van der Waals surface area (Å²) in [6.45, 7) is 2.09. The summed E-state index contributed by atoms with van der Waals surface area (Å²) in [6.07, 6.45) is 5.73. The van der Waals surface area contributed by atoms with Crippen molar-refractivity contribution in [3.63, 3.8) is 0 Å². The van der Waals surface area contributed by atoms with Crippen LogP contribution in [0.1, 0.15) is 12.8 Å². The molecular weight excluding hydrogens is 216 g/mol. The molecule has 0 spiro atoms. The average Bonchev–Trinajstić information content (AvgIpc) is 2.97. The molecule has 1 atom stereocenters. The van der Waals surface area contributed by atoms with E-state index in [9.17, 15) is 0 Å². The maximum Gasteiger partial charge on any atom is 0.182 e. The lowest BCUT2D eigenvalue weighted by atomic mass is 10.2. The van der Waals surface area contributed by atoms with Crippen LogP contribution in [0.15, 0.2) is 12.7 Å². The van der Waals surface area contributed by atoms with Gasteiger partial charge in [0, 0.05) is 19.6 Å². The second kappa shape index (κ2) is 4.29. The topological polar surface area (TPSA) is 69.7 Å². The Morgan fingerprint density at radius 1 is 1.41 bits per heavy atom. The van der Waals surface area contributed by atoms with Gasteiger partial charge in [-0.1, -0.05) is 0 Å². The van der Waals surface area contributed by atoms with E-state index in [1.807, 2.05) is 0 Å². The molecule has 0 amide bonds. The van der Waals surface area contributed by atoms with E-state index in [1.54, 1.807) is 12.7 Å². The molecule has 90 valence electrons. The second-order valence-electron chi connectivity index (χ2n) is 4.47. The molecule has 0 radical (unpaired) electrons. The van der Waals surface area contributed by atoms with Crippen LogP contribution in [0, 0.1) is 0 Å². The van der Waals surface area contributed by atoms with Gasteiger partial charge in [-0.25, -0.2) is 15.0 Å². The van der Waals surface area contributed by atoms with Crippen LogP contribution < -0.4 is 10.2 Å². The first-order chi connectivity index (χ1) is 8.34. The predicted octanol–water partition coefficient (Wildman–Crippen LogP) is 0.541. The van der Waals surface area contributed by atoms with E-state index in [4.69, 9.17) is 0 Å². The van der Waals surface area contributed by atoms with Crippen molar-refractivity contribution in [1.29, 1.82) is 0 Å². The third kappa shape index (κ3) is 1.95. The summed E-state index contributed by atoms with van der Waals surface area (Å²) < 4.78 is 0. The minimum Gasteiger partial charge on any atom is -0.356 e. The molecule has 3 rings (SSSR count). The second-order valence-corrected chi connectivity index (χ2v) is 4.47. The van der Waals surface area contributed by atoms with E-state index in [2.05, 4.69) is 37.2 Å². The summed E-state index contributed by atoms with van der Waals surface area (Å²) in [5, 5.41) is 3.49. The van der Waals surface area contributed by atoms with Crippen LogP contribution >= 0.6 is 0 Å². The molecule has 3 heterocycles. The van der Waals surface area contributed by atoms with Crippen LogP contribution in [0.25, 0.3) is 11.2 Å². The number of nitrogens with zero attached hydrogens (tertiary/aromatic N) is 4. The van der Waals surface area contributed by atoms with Crippen molar-refractivity contribution in [1.82, 2.24) is 25.3 Å². The van der Waals surface area contributed by atoms with Gasteiger partial charge < -0.3 is 15.2 Å². The van der Waals surface area contributed by atoms with Crippen LogP contribution in [0.5, 0.6) is 0 Å². The highest BCUT2D eigenvalue weighted by molar-refractivity contribution is 5.82. The molecular formula is C11H16N6. The van der Waals surface area contributed by atoms with Gasteiger partial charge in [-0.2, -0.15) is 0 Å². The van der Waals surface area contributed by atoms with E-state index >= 15 is 0 Å². The summed E-state index contributed by atoms with van der Waals surface area (Å²) in [5.74, 6) is 0.918. The van der Waals surface area contributed by atoms with Crippen molar-refractivity contribution < 1.29 is 0 Å². The Kier molecular flexibility index (Phi) is 2.64. The zero-order valence-corrected chi connectivity index (χ0v) is 9.85. The van der Waals surface area contributed by atoms with Crippen molar-refractivity contribution in [2.75, 3.05) is 25.0 Å². The summed E-state index contributed by atoms with van der Waals surface area (Å²) in [4.78, 5) is 17.9. The number of nitrogens with one attached hydrogen (secondary N) is 2. The van der Waals surface area contributed by atoms with Gasteiger partial charge in [-0.3, -0.25) is 0 Å². The molecule has 1 saturated heterocycles. The summed E-state index contributed by atoms with van der Waals surface area (Å²) >= 11 is 0. The van der Waals surface area contributed by atoms with Crippen LogP contribution in [0.2, 0.25) is 0 Å². The third-order valence-corrected chi connectivity index (χ3v) is 3.22. The first-order valence-electron chi connectivity index (χ1n) is 5.93. The van der Waals surface area contributed by atoms with Gasteiger partial charge in [0.05, 0.1) is 6.33 Å². The molecule has 2 N–H and O–H groups in total. The molecule has 6 heteroatoms. The number of likely N-dealkylation sites (N-methyl/N-ethyl adjacent to an activating group) is 1. The van der Waals surface area contributed by atoms with Crippen LogP contribution in [-0.4, -0.2) is 46.1 Å². The standard InChI is InChI=1S/C11H16N6/c1-17(5-8-3-2-4-12-8)11-9-10(14-6-13-9)15-7-16-11/h6-8,12H,2-5H2,1H3,(H,13,14,15,16). The molecule has 1 unspecified atom stereocenters. The van der Waals surface area contributed by atoms with E-state index in [0.717, 1.165) is 30.1 Å². The summed E-state index contributed by atoms with van der Waals surface area (Å²) in [5.41, 5.74) is 1.63. The van der Waals surface area contributed by atoms with E-state index in [1.165, 1.54) is 12.8 Å². The lowest BCUT2D eigenvalue weighted by molar-refractivity contribution is 0.598. The number of aromatic amines is 1. The van der Waals surface area contributed by atoms with E-state index in [-0.39, 0.29) is 0 Å². The van der Waals surface area contributed by atoms with Gasteiger partial charge in [0.15, 0.2) is 11.5 Å². The highest BCUT2D eigenvalue weighted by Gasteiger charge is 2.18. The molecule has 6 nitrogen and oxygen atoms in total. The fourth-order valence-electron chi connectivity index (χ4n) is 2.37. The monoisotopic (exact) mass is 232 g/mol. The first-order valence-corrected chi connectivity index (χ1v) is 5.93. The Morgan fingerprint density at radius 3 is 3.18 bits per heavy atom. The molecule has 2 aromatic heterocycles. The summed E-state index contributed by atoms with van der Waals surface area (Å²) in [6, 6.07) is 0.563. The maximum atomic E-state index is 4.34. The minimum absolute atomic E-state index is 0.563. The highest BCUT2D eigenvalue weighted by atomic mass is 15.2. The van der Waals surface area contributed by atoms with Gasteiger partial charge in [-0.15, -0.1) is 0 Å². The number of hydrogen-bond acceptors (Lipinski definition) is 5. The number of anilines is 1. The zero-order chi connectivity index (χ0) is 11.7. The minimum atomic E-state index is 0.563. The van der Waals surface area contributed by atoms with Crippen molar-refractivity contribution >= 4 is 17.0 Å². The average molecular weight is 232 g/mol. The quantitative estimate of drug-likeness (QED) is 0.808. The van der Waals surface area contributed by atoms with Gasteiger partial charge in [-0.05, 0) is 19.4 Å². The molecule has 1 aliphatic rings. The smallest absolute Gasteiger partial charge is 0.182 e. The fourth-order valence-corrected chi connectivity index (χ4v) is 2.37. The Hall–Kier alpha value is -1.69. The zero-order valence-electron chi connectivity index (χ0n) is 9.85. The van der Waals surface area contributed by atoms with Gasteiger partial charge in [0.1, 0.15) is 11.8 Å². The fraction of sp³-hybridized carbons (Fsp3) is 0.545. The van der Waals surface area contributed by atoms with Crippen molar-refractivity contribution in [3.8, 4) is 0 Å². The Labute approximate surface area is 99.5 Å². The summed E-state index contributed by atoms with van der Waals surface area (Å²) in [7, 11) is 2.06. The lowest BCUT2D eigenvalue weighted by Gasteiger charge is -2.22. The van der Waals surface area contributed by atoms with E-state index in [0.29, 0.717) is 6.04 Å². The molecule has 0 aromatic carbocycles. The van der Waals surface area contributed by atoms with Crippen molar-refractivity contribution in [3.05, 3.63) is 12.7 Å². The van der Waals surface area contributed by atoms with E-state index < -0.39 is 0 Å². The largest absolute Gasteiger partial charge is 0.356 e. The number of imidazole rings is 1. The number of hydrogen-bond donors (Lipinski definition) is 2. The van der Waals surface area contributed by atoms with Crippen LogP contribution in [-0.2, 0) is 0 Å². The number of rotatable bonds is 3. The Balaban J connectivity index is 1.84. The number of aromatic nitrogens is 4. The van der Waals surface area contributed by atoms with Gasteiger partial charge in [0.2, 0.25) is 0 Å². The molecule has 1 fully saturated rings. The molecule has 1 aliphatic heterocycles. The Morgan fingerprint density at radius 2 is 2.35 bits per heavy atom. The molecule has 2 aromatic rings. The normalized spacial score (nSPS) is 19.9. The Bertz CT molecular complexity index is 501. The van der Waals surface area contributed by atoms with Crippen LogP contribution in [0.4, 0.5) is 5.82 Å². The number of fused-ring (bicyclic) bond motifs is 1. The van der Waals surface area contributed by atoms with Gasteiger partial charge in [0.25, 0.3) is 0 Å². The van der Waals surface area contributed by atoms with Crippen LogP contribution in [0.3, 0.4) is 0 Å². The first kappa shape index (κ1) is 10.5. The van der Waals surface area contributed by atoms with Gasteiger partial charge >= 0.3 is 0 Å². The predicted molar refractivity (Wildman–Crippen MR) is 66.0 cm³/mol. The SMILES string of the molecule is CN(CC1CCCN1)c1ncnc2nc[nH]c12. The third-order valence-electron chi connectivity index (χ3n) is 3.22. The molecule has 0 saturated carbocycles. The van der Waals surface area contributed by atoms with Crippen molar-refractivity contribution in [2.45, 2.75) is 18.9 Å². The molecule has 0 bridgehead atoms. The number of H-pyrrole nitrogens is 1. The lowest BCUT2D eigenvalue weighted by Crippen LogP contribution is -2.35. The highest BCUT2D eigenvalue weighted by Crippen LogP contribution is 2.19. The maximum absolute atomic E-state index is 4.34. The molecule has 0 aliphatic carbocycles. The molecule has 17 heavy (non-hydrogen) atoms.